The van der Waals surface area contributed by atoms with E-state index >= 15 is 0 Å². The van der Waals surface area contributed by atoms with Gasteiger partial charge in [0.05, 0.1) is 11.2 Å². The van der Waals surface area contributed by atoms with Gasteiger partial charge in [0.25, 0.3) is 0 Å². The smallest absolute Gasteiger partial charge is 0.130 e. The van der Waals surface area contributed by atoms with Gasteiger partial charge in [0.1, 0.15) is 10.7 Å². The maximum Gasteiger partial charge on any atom is 0.130 e. The Hall–Kier alpha value is -2.81. The molecule has 1 atom stereocenters. The van der Waals surface area contributed by atoms with E-state index in [-0.39, 0.29) is 5.50 Å². The van der Waals surface area contributed by atoms with Crippen molar-refractivity contribution in [2.75, 3.05) is 5.32 Å². The first kappa shape index (κ1) is 17.3. The monoisotopic (exact) mass is 402 g/mol. The van der Waals surface area contributed by atoms with Crippen molar-refractivity contribution in [3.63, 3.8) is 0 Å². The number of hydrogen-bond acceptors (Lipinski definition) is 2. The molecule has 136 valence electrons. The molecule has 4 aromatic rings. The molecular formula is C24H16Cl2N2. The van der Waals surface area contributed by atoms with Crippen LogP contribution >= 0.6 is 23.2 Å². The summed E-state index contributed by atoms with van der Waals surface area (Å²) in [4.78, 5) is 4.65. The van der Waals surface area contributed by atoms with Crippen LogP contribution in [0.2, 0.25) is 5.15 Å². The highest BCUT2D eigenvalue weighted by Gasteiger charge is 2.22. The molecule has 0 fully saturated rings. The molecule has 1 aliphatic heterocycles. The number of rotatable bonds is 2. The first-order chi connectivity index (χ1) is 13.7. The molecule has 1 unspecified atom stereocenters. The van der Waals surface area contributed by atoms with Crippen LogP contribution in [-0.4, -0.2) is 10.5 Å². The maximum atomic E-state index is 6.54. The van der Waals surface area contributed by atoms with Gasteiger partial charge in [-0.25, -0.2) is 4.98 Å². The second-order valence-electron chi connectivity index (χ2n) is 6.74. The third kappa shape index (κ3) is 2.95. The summed E-state index contributed by atoms with van der Waals surface area (Å²) >= 11 is 13.0. The number of alkyl halides is 1. The number of nitrogens with one attached hydrogen (secondary N) is 1. The summed E-state index contributed by atoms with van der Waals surface area (Å²) in [5.41, 5.74) is 6.88. The average molecular weight is 403 g/mol. The molecule has 4 heteroatoms. The Morgan fingerprint density at radius 2 is 1.46 bits per heavy atom. The SMILES string of the molecule is Clc1cc(-c2ccccc2)c2ccc3c(c2n1)NC(Cl)C=C3c1ccccc1. The molecule has 1 N–H and O–H groups in total. The fraction of sp³-hybridized carbons (Fsp3) is 0.0417. The van der Waals surface area contributed by atoms with E-state index in [9.17, 15) is 0 Å². The van der Waals surface area contributed by atoms with E-state index in [0.29, 0.717) is 5.15 Å². The average Bonchev–Trinajstić information content (AvgIpc) is 2.74. The number of anilines is 1. The molecule has 0 bridgehead atoms. The van der Waals surface area contributed by atoms with Crippen LogP contribution in [0.15, 0.2) is 84.9 Å². The Balaban J connectivity index is 1.78. The van der Waals surface area contributed by atoms with Crippen molar-refractivity contribution in [2.45, 2.75) is 5.50 Å². The second kappa shape index (κ2) is 6.97. The Morgan fingerprint density at radius 3 is 2.18 bits per heavy atom. The number of nitrogens with zero attached hydrogens (tertiary/aromatic N) is 1. The van der Waals surface area contributed by atoms with Gasteiger partial charge in [-0.1, -0.05) is 96.0 Å². The van der Waals surface area contributed by atoms with Gasteiger partial charge in [-0.15, -0.1) is 0 Å². The highest BCUT2D eigenvalue weighted by Crippen LogP contribution is 2.41. The van der Waals surface area contributed by atoms with Crippen molar-refractivity contribution in [3.05, 3.63) is 101 Å². The van der Waals surface area contributed by atoms with Crippen LogP contribution in [-0.2, 0) is 0 Å². The molecule has 0 saturated carbocycles. The van der Waals surface area contributed by atoms with Gasteiger partial charge >= 0.3 is 0 Å². The summed E-state index contributed by atoms with van der Waals surface area (Å²) in [6.07, 6.45) is 2.04. The number of aromatic nitrogens is 1. The van der Waals surface area contributed by atoms with Gasteiger partial charge in [0, 0.05) is 10.9 Å². The van der Waals surface area contributed by atoms with Crippen molar-refractivity contribution in [1.82, 2.24) is 4.98 Å². The highest BCUT2D eigenvalue weighted by molar-refractivity contribution is 6.31. The largest absolute Gasteiger partial charge is 0.364 e. The first-order valence-corrected chi connectivity index (χ1v) is 9.89. The molecule has 2 nitrogen and oxygen atoms in total. The van der Waals surface area contributed by atoms with Gasteiger partial charge in [0.2, 0.25) is 0 Å². The predicted octanol–water partition coefficient (Wildman–Crippen LogP) is 6.98. The van der Waals surface area contributed by atoms with Crippen LogP contribution in [0.5, 0.6) is 0 Å². The highest BCUT2D eigenvalue weighted by atomic mass is 35.5. The Morgan fingerprint density at radius 1 is 0.786 bits per heavy atom. The van der Waals surface area contributed by atoms with E-state index in [1.54, 1.807) is 0 Å². The fourth-order valence-electron chi connectivity index (χ4n) is 3.77. The van der Waals surface area contributed by atoms with Gasteiger partial charge in [-0.2, -0.15) is 0 Å². The van der Waals surface area contributed by atoms with E-state index in [0.717, 1.165) is 44.4 Å². The molecule has 0 amide bonds. The van der Waals surface area contributed by atoms with Crippen LogP contribution in [0.1, 0.15) is 11.1 Å². The third-order valence-electron chi connectivity index (χ3n) is 5.01. The summed E-state index contributed by atoms with van der Waals surface area (Å²) in [6, 6.07) is 26.6. The second-order valence-corrected chi connectivity index (χ2v) is 7.59. The minimum Gasteiger partial charge on any atom is -0.364 e. The zero-order valence-electron chi connectivity index (χ0n) is 14.9. The molecule has 0 spiro atoms. The van der Waals surface area contributed by atoms with Gasteiger partial charge < -0.3 is 5.32 Å². The van der Waals surface area contributed by atoms with Crippen molar-refractivity contribution in [3.8, 4) is 11.1 Å². The maximum absolute atomic E-state index is 6.54. The predicted molar refractivity (Wildman–Crippen MR) is 119 cm³/mol. The lowest BCUT2D eigenvalue weighted by Crippen LogP contribution is -2.17. The molecule has 0 radical (unpaired) electrons. The molecule has 0 saturated heterocycles. The van der Waals surface area contributed by atoms with E-state index in [4.69, 9.17) is 23.2 Å². The standard InChI is InChI=1S/C24H16Cl2N2/c25-21-13-19(15-7-3-1-4-8-15)17-11-12-18-20(16-9-5-2-6-10-16)14-22(26)28-24(18)23(17)27-21/h1-14,21,27H. The number of halogens is 2. The van der Waals surface area contributed by atoms with E-state index in [2.05, 4.69) is 46.7 Å². The number of fused-ring (bicyclic) bond motifs is 3. The summed E-state index contributed by atoms with van der Waals surface area (Å²) in [5, 5.41) is 4.88. The first-order valence-electron chi connectivity index (χ1n) is 9.07. The van der Waals surface area contributed by atoms with Crippen LogP contribution in [0.4, 0.5) is 5.69 Å². The fourth-order valence-corrected chi connectivity index (χ4v) is 4.20. The minimum absolute atomic E-state index is 0.325. The zero-order valence-corrected chi connectivity index (χ0v) is 16.4. The van der Waals surface area contributed by atoms with Crippen molar-refractivity contribution >= 4 is 45.4 Å². The number of hydrogen-bond donors (Lipinski definition) is 1. The van der Waals surface area contributed by atoms with E-state index < -0.39 is 0 Å². The molecule has 1 aromatic heterocycles. The number of pyridine rings is 1. The molecule has 3 aromatic carbocycles. The Kier molecular flexibility index (Phi) is 4.31. The van der Waals surface area contributed by atoms with Crippen LogP contribution < -0.4 is 5.32 Å². The van der Waals surface area contributed by atoms with Crippen molar-refractivity contribution in [1.29, 1.82) is 0 Å². The topological polar surface area (TPSA) is 24.9 Å². The lowest BCUT2D eigenvalue weighted by Gasteiger charge is -2.25. The summed E-state index contributed by atoms with van der Waals surface area (Å²) in [5.74, 6) is 0. The normalized spacial score (nSPS) is 15.6. The molecule has 2 heterocycles. The molecule has 1 aliphatic rings. The zero-order chi connectivity index (χ0) is 19.1. The molecular weight excluding hydrogens is 387 g/mol. The quantitative estimate of drug-likeness (QED) is 0.222. The molecule has 0 aliphatic carbocycles. The van der Waals surface area contributed by atoms with Gasteiger partial charge in [0.15, 0.2) is 0 Å². The lowest BCUT2D eigenvalue weighted by atomic mass is 9.91. The van der Waals surface area contributed by atoms with E-state index in [1.807, 2.05) is 48.5 Å². The van der Waals surface area contributed by atoms with Crippen molar-refractivity contribution in [2.24, 2.45) is 0 Å². The van der Waals surface area contributed by atoms with Gasteiger partial charge in [-0.05, 0) is 34.4 Å². The van der Waals surface area contributed by atoms with Crippen LogP contribution in [0, 0.1) is 0 Å². The molecule has 28 heavy (non-hydrogen) atoms. The third-order valence-corrected chi connectivity index (χ3v) is 5.43. The van der Waals surface area contributed by atoms with Crippen LogP contribution in [0.3, 0.4) is 0 Å². The Labute approximate surface area is 173 Å². The van der Waals surface area contributed by atoms with Crippen LogP contribution in [0.25, 0.3) is 27.6 Å². The Bertz CT molecular complexity index is 1200. The minimum atomic E-state index is -0.325. The van der Waals surface area contributed by atoms with E-state index in [1.165, 1.54) is 0 Å². The summed E-state index contributed by atoms with van der Waals surface area (Å²) in [7, 11) is 0. The number of benzene rings is 3. The summed E-state index contributed by atoms with van der Waals surface area (Å²) < 4.78 is 0. The van der Waals surface area contributed by atoms with Crippen molar-refractivity contribution < 1.29 is 0 Å². The lowest BCUT2D eigenvalue weighted by molar-refractivity contribution is 1.20. The molecule has 5 rings (SSSR count). The van der Waals surface area contributed by atoms with Gasteiger partial charge in [-0.3, -0.25) is 0 Å². The summed E-state index contributed by atoms with van der Waals surface area (Å²) in [6.45, 7) is 0.